The van der Waals surface area contributed by atoms with Crippen molar-refractivity contribution in [2.24, 2.45) is 5.92 Å². The molecule has 2 atom stereocenters. The second-order valence-corrected chi connectivity index (χ2v) is 7.16. The van der Waals surface area contributed by atoms with E-state index in [2.05, 4.69) is 17.2 Å². The predicted octanol–water partition coefficient (Wildman–Crippen LogP) is 4.02. The normalized spacial score (nSPS) is 13.2. The highest BCUT2D eigenvalue weighted by molar-refractivity contribution is 5.68. The van der Waals surface area contributed by atoms with Gasteiger partial charge in [0.25, 0.3) is 0 Å². The molecule has 2 N–H and O–H groups in total. The molecule has 0 unspecified atom stereocenters. The molecule has 0 spiro atoms. The molecular formula is C20H30N2O4. The zero-order chi connectivity index (χ0) is 19.6. The van der Waals surface area contributed by atoms with E-state index < -0.39 is 17.8 Å². The van der Waals surface area contributed by atoms with Crippen LogP contribution in [0.25, 0.3) is 0 Å². The molecule has 0 aliphatic heterocycles. The van der Waals surface area contributed by atoms with Gasteiger partial charge in [-0.3, -0.25) is 0 Å². The molecule has 144 valence electrons. The first-order valence-electron chi connectivity index (χ1n) is 8.76. The Morgan fingerprint density at radius 3 is 2.42 bits per heavy atom. The first-order valence-corrected chi connectivity index (χ1v) is 8.76. The molecule has 1 aromatic rings. The Balaban J connectivity index is 2.44. The van der Waals surface area contributed by atoms with Crippen LogP contribution in [0.3, 0.4) is 0 Å². The number of alkyl carbamates (subject to hydrolysis) is 2. The van der Waals surface area contributed by atoms with Crippen molar-refractivity contribution in [3.8, 4) is 0 Å². The molecule has 0 heterocycles. The van der Waals surface area contributed by atoms with Gasteiger partial charge in [-0.05, 0) is 45.6 Å². The number of hydrogen-bond acceptors (Lipinski definition) is 4. The molecule has 0 bridgehead atoms. The van der Waals surface area contributed by atoms with Gasteiger partial charge in [0.15, 0.2) is 0 Å². The summed E-state index contributed by atoms with van der Waals surface area (Å²) in [6, 6.07) is 9.27. The lowest BCUT2D eigenvalue weighted by Gasteiger charge is -2.26. The highest BCUT2D eigenvalue weighted by Gasteiger charge is 2.22. The van der Waals surface area contributed by atoms with Crippen LogP contribution in [0.1, 0.15) is 39.7 Å². The lowest BCUT2D eigenvalue weighted by Crippen LogP contribution is -2.44. The van der Waals surface area contributed by atoms with Gasteiger partial charge in [0.2, 0.25) is 0 Å². The Morgan fingerprint density at radius 1 is 1.19 bits per heavy atom. The van der Waals surface area contributed by atoms with Crippen molar-refractivity contribution in [3.05, 3.63) is 48.6 Å². The topological polar surface area (TPSA) is 76.7 Å². The Kier molecular flexibility index (Phi) is 8.68. The molecule has 0 aliphatic rings. The number of benzene rings is 1. The van der Waals surface area contributed by atoms with Gasteiger partial charge in [-0.25, -0.2) is 9.59 Å². The second kappa shape index (κ2) is 10.5. The summed E-state index contributed by atoms with van der Waals surface area (Å²) in [5, 5.41) is 5.54. The van der Waals surface area contributed by atoms with Crippen molar-refractivity contribution in [2.75, 3.05) is 6.54 Å². The molecule has 1 rings (SSSR count). The third-order valence-corrected chi connectivity index (χ3v) is 3.64. The van der Waals surface area contributed by atoms with E-state index in [0.717, 1.165) is 5.56 Å². The van der Waals surface area contributed by atoms with Crippen LogP contribution in [-0.4, -0.2) is 30.4 Å². The molecule has 1 aromatic carbocycles. The van der Waals surface area contributed by atoms with E-state index in [4.69, 9.17) is 9.47 Å². The van der Waals surface area contributed by atoms with E-state index >= 15 is 0 Å². The molecule has 0 aromatic heterocycles. The largest absolute Gasteiger partial charge is 0.445 e. The number of carbonyl (C=O) groups is 2. The number of allylic oxidation sites excluding steroid dienone is 1. The summed E-state index contributed by atoms with van der Waals surface area (Å²) in [5.41, 5.74) is 0.363. The van der Waals surface area contributed by atoms with Crippen LogP contribution in [0, 0.1) is 5.92 Å². The molecule has 6 nitrogen and oxygen atoms in total. The standard InChI is InChI=1S/C20H30N2O4/c1-6-10-17(15(2)22-19(24)26-20(3,4)5)13-21-18(23)25-14-16-11-8-7-9-12-16/h6-9,11-12,15,17H,1,10,13-14H2,2-5H3,(H,21,23)(H,22,24)/t15-,17+/m1/s1. The van der Waals surface area contributed by atoms with Gasteiger partial charge in [-0.1, -0.05) is 36.4 Å². The van der Waals surface area contributed by atoms with Crippen molar-refractivity contribution in [1.82, 2.24) is 10.6 Å². The predicted molar refractivity (Wildman–Crippen MR) is 102 cm³/mol. The lowest BCUT2D eigenvalue weighted by atomic mass is 9.97. The van der Waals surface area contributed by atoms with Crippen molar-refractivity contribution in [2.45, 2.75) is 52.4 Å². The first kappa shape index (κ1) is 21.5. The van der Waals surface area contributed by atoms with Crippen molar-refractivity contribution < 1.29 is 19.1 Å². The first-order chi connectivity index (χ1) is 12.2. The minimum absolute atomic E-state index is 0.0238. The summed E-state index contributed by atoms with van der Waals surface area (Å²) in [7, 11) is 0. The third-order valence-electron chi connectivity index (χ3n) is 3.64. The van der Waals surface area contributed by atoms with E-state index in [0.29, 0.717) is 13.0 Å². The third kappa shape index (κ3) is 9.11. The fourth-order valence-corrected chi connectivity index (χ4v) is 2.28. The molecule has 0 radical (unpaired) electrons. The van der Waals surface area contributed by atoms with Crippen LogP contribution >= 0.6 is 0 Å². The van der Waals surface area contributed by atoms with Crippen LogP contribution in [0.5, 0.6) is 0 Å². The highest BCUT2D eigenvalue weighted by Crippen LogP contribution is 2.12. The SMILES string of the molecule is C=CC[C@@H](CNC(=O)OCc1ccccc1)[C@@H](C)NC(=O)OC(C)(C)C. The summed E-state index contributed by atoms with van der Waals surface area (Å²) < 4.78 is 10.5. The van der Waals surface area contributed by atoms with E-state index in [-0.39, 0.29) is 18.6 Å². The molecular weight excluding hydrogens is 332 g/mol. The van der Waals surface area contributed by atoms with E-state index in [9.17, 15) is 9.59 Å². The number of carbonyl (C=O) groups excluding carboxylic acids is 2. The summed E-state index contributed by atoms with van der Waals surface area (Å²) in [4.78, 5) is 23.8. The minimum Gasteiger partial charge on any atom is -0.445 e. The smallest absolute Gasteiger partial charge is 0.407 e. The van der Waals surface area contributed by atoms with Crippen LogP contribution in [0.2, 0.25) is 0 Å². The van der Waals surface area contributed by atoms with Gasteiger partial charge in [-0.15, -0.1) is 6.58 Å². The molecule has 0 aliphatic carbocycles. The van der Waals surface area contributed by atoms with Gasteiger partial charge >= 0.3 is 12.2 Å². The maximum absolute atomic E-state index is 11.9. The van der Waals surface area contributed by atoms with E-state index in [1.165, 1.54) is 0 Å². The van der Waals surface area contributed by atoms with Crippen LogP contribution in [-0.2, 0) is 16.1 Å². The van der Waals surface area contributed by atoms with Crippen LogP contribution in [0.4, 0.5) is 9.59 Å². The summed E-state index contributed by atoms with van der Waals surface area (Å²) in [6.07, 6.45) is 1.42. The maximum atomic E-state index is 11.9. The average Bonchev–Trinajstić information content (AvgIpc) is 2.55. The second-order valence-electron chi connectivity index (χ2n) is 7.16. The number of ether oxygens (including phenoxy) is 2. The highest BCUT2D eigenvalue weighted by atomic mass is 16.6. The average molecular weight is 362 g/mol. The fraction of sp³-hybridized carbons (Fsp3) is 0.500. The lowest BCUT2D eigenvalue weighted by molar-refractivity contribution is 0.0492. The van der Waals surface area contributed by atoms with Gasteiger partial charge < -0.3 is 20.1 Å². The molecule has 0 saturated heterocycles. The molecule has 0 fully saturated rings. The number of nitrogens with one attached hydrogen (secondary N) is 2. The van der Waals surface area contributed by atoms with Crippen molar-refractivity contribution in [3.63, 3.8) is 0 Å². The number of rotatable bonds is 8. The van der Waals surface area contributed by atoms with Gasteiger partial charge in [0.05, 0.1) is 0 Å². The summed E-state index contributed by atoms with van der Waals surface area (Å²) in [5.74, 6) is -0.0238. The molecule has 0 saturated carbocycles. The Bertz CT molecular complexity index is 581. The Hall–Kier alpha value is -2.50. The van der Waals surface area contributed by atoms with Gasteiger partial charge in [-0.2, -0.15) is 0 Å². The number of amides is 2. The number of hydrogen-bond donors (Lipinski definition) is 2. The summed E-state index contributed by atoms with van der Waals surface area (Å²) >= 11 is 0. The Morgan fingerprint density at radius 2 is 1.85 bits per heavy atom. The zero-order valence-corrected chi connectivity index (χ0v) is 16.1. The summed E-state index contributed by atoms with van der Waals surface area (Å²) in [6.45, 7) is 11.6. The van der Waals surface area contributed by atoms with Crippen molar-refractivity contribution in [1.29, 1.82) is 0 Å². The van der Waals surface area contributed by atoms with Crippen molar-refractivity contribution >= 4 is 12.2 Å². The monoisotopic (exact) mass is 362 g/mol. The van der Waals surface area contributed by atoms with Gasteiger partial charge in [0.1, 0.15) is 12.2 Å². The van der Waals surface area contributed by atoms with E-state index in [1.54, 1.807) is 6.08 Å². The Labute approximate surface area is 156 Å². The van der Waals surface area contributed by atoms with Gasteiger partial charge in [0, 0.05) is 12.6 Å². The molecule has 2 amide bonds. The zero-order valence-electron chi connectivity index (χ0n) is 16.1. The molecule has 26 heavy (non-hydrogen) atoms. The van der Waals surface area contributed by atoms with E-state index in [1.807, 2.05) is 58.0 Å². The quantitative estimate of drug-likeness (QED) is 0.685. The fourth-order valence-electron chi connectivity index (χ4n) is 2.28. The maximum Gasteiger partial charge on any atom is 0.407 e. The van der Waals surface area contributed by atoms with Crippen LogP contribution < -0.4 is 10.6 Å². The van der Waals surface area contributed by atoms with Crippen LogP contribution in [0.15, 0.2) is 43.0 Å². The molecule has 6 heteroatoms. The minimum atomic E-state index is -0.558.